The van der Waals surface area contributed by atoms with Gasteiger partial charge in [0.05, 0.1) is 0 Å². The molecule has 0 nitrogen and oxygen atoms in total. The lowest BCUT2D eigenvalue weighted by atomic mass is 10.00. The second kappa shape index (κ2) is 5.47. The van der Waals surface area contributed by atoms with Gasteiger partial charge in [0.15, 0.2) is 0 Å². The highest BCUT2D eigenvalue weighted by molar-refractivity contribution is 5.82. The maximum atomic E-state index is 13.7. The average molecular weight is 248 g/mol. The van der Waals surface area contributed by atoms with Crippen LogP contribution in [-0.2, 0) is 6.42 Å². The highest BCUT2D eigenvalue weighted by Crippen LogP contribution is 2.27. The van der Waals surface area contributed by atoms with Gasteiger partial charge < -0.3 is 0 Å². The van der Waals surface area contributed by atoms with Gasteiger partial charge in [-0.05, 0) is 22.8 Å². The maximum absolute atomic E-state index is 13.7. The van der Waals surface area contributed by atoms with Crippen molar-refractivity contribution in [2.45, 2.75) is 38.5 Å². The first kappa shape index (κ1) is 13.0. The number of fused-ring (bicyclic) bond motifs is 1. The van der Waals surface area contributed by atoms with Crippen molar-refractivity contribution >= 4 is 10.8 Å². The molecule has 0 bridgehead atoms. The Labute approximate surface area is 107 Å². The van der Waals surface area contributed by atoms with Crippen molar-refractivity contribution in [3.05, 3.63) is 48.0 Å². The molecule has 0 aliphatic rings. The Hall–Kier alpha value is -1.44. The van der Waals surface area contributed by atoms with Gasteiger partial charge in [-0.15, -0.1) is 0 Å². The molecule has 0 aliphatic heterocycles. The summed E-state index contributed by atoms with van der Waals surface area (Å²) in [4.78, 5) is 0. The molecular formula is C16H18F2. The van der Waals surface area contributed by atoms with Crippen molar-refractivity contribution in [2.24, 2.45) is 0 Å². The summed E-state index contributed by atoms with van der Waals surface area (Å²) in [5.74, 6) is -2.58. The first-order valence-electron chi connectivity index (χ1n) is 6.46. The second-order valence-corrected chi connectivity index (χ2v) is 4.82. The molecule has 0 radical (unpaired) electrons. The Morgan fingerprint density at radius 2 is 1.72 bits per heavy atom. The zero-order valence-corrected chi connectivity index (χ0v) is 10.6. The third-order valence-electron chi connectivity index (χ3n) is 3.17. The molecule has 2 aromatic carbocycles. The van der Waals surface area contributed by atoms with Crippen molar-refractivity contribution in [1.29, 1.82) is 0 Å². The van der Waals surface area contributed by atoms with E-state index < -0.39 is 5.92 Å². The molecule has 96 valence electrons. The molecule has 0 saturated heterocycles. The molecule has 0 atom stereocenters. The lowest BCUT2D eigenvalue weighted by Crippen LogP contribution is -2.19. The number of rotatable bonds is 5. The smallest absolute Gasteiger partial charge is 0.207 e. The highest BCUT2D eigenvalue weighted by atomic mass is 19.3. The maximum Gasteiger partial charge on any atom is 0.252 e. The van der Waals surface area contributed by atoms with Crippen molar-refractivity contribution in [1.82, 2.24) is 0 Å². The molecule has 0 spiro atoms. The zero-order chi connectivity index (χ0) is 13.0. The fourth-order valence-electron chi connectivity index (χ4n) is 2.17. The van der Waals surface area contributed by atoms with Crippen molar-refractivity contribution in [3.8, 4) is 0 Å². The molecule has 0 aromatic heterocycles. The van der Waals surface area contributed by atoms with Gasteiger partial charge in [0, 0.05) is 12.8 Å². The topological polar surface area (TPSA) is 0 Å². The summed E-state index contributed by atoms with van der Waals surface area (Å²) in [6, 6.07) is 13.4. The zero-order valence-electron chi connectivity index (χ0n) is 10.6. The van der Waals surface area contributed by atoms with E-state index in [1.807, 2.05) is 49.4 Å². The fraction of sp³-hybridized carbons (Fsp3) is 0.375. The molecule has 0 aliphatic carbocycles. The minimum absolute atomic E-state index is 0.0175. The molecule has 2 heteroatoms. The minimum Gasteiger partial charge on any atom is -0.207 e. The van der Waals surface area contributed by atoms with Gasteiger partial charge in [0.25, 0.3) is 5.92 Å². The quantitative estimate of drug-likeness (QED) is 0.681. The number of halogens is 2. The second-order valence-electron chi connectivity index (χ2n) is 4.82. The predicted molar refractivity (Wildman–Crippen MR) is 72.1 cm³/mol. The molecular weight excluding hydrogens is 230 g/mol. The first-order chi connectivity index (χ1) is 8.61. The lowest BCUT2D eigenvalue weighted by Gasteiger charge is -2.16. The normalized spacial score (nSPS) is 11.9. The number of unbranched alkanes of at least 4 members (excludes halogenated alkanes) is 1. The van der Waals surface area contributed by atoms with Crippen LogP contribution in [0.25, 0.3) is 10.8 Å². The summed E-state index contributed by atoms with van der Waals surface area (Å²) in [7, 11) is 0. The average Bonchev–Trinajstić information content (AvgIpc) is 2.36. The van der Waals surface area contributed by atoms with Crippen LogP contribution in [0.1, 0.15) is 31.7 Å². The highest BCUT2D eigenvalue weighted by Gasteiger charge is 2.28. The lowest BCUT2D eigenvalue weighted by molar-refractivity contribution is -0.00905. The van der Waals surface area contributed by atoms with E-state index in [9.17, 15) is 8.78 Å². The molecule has 0 saturated carbocycles. The first-order valence-corrected chi connectivity index (χ1v) is 6.46. The monoisotopic (exact) mass is 248 g/mol. The van der Waals surface area contributed by atoms with E-state index in [4.69, 9.17) is 0 Å². The van der Waals surface area contributed by atoms with E-state index >= 15 is 0 Å². The van der Waals surface area contributed by atoms with Crippen LogP contribution in [-0.4, -0.2) is 5.92 Å². The molecule has 0 unspecified atom stereocenters. The Bertz CT molecular complexity index is 517. The largest absolute Gasteiger partial charge is 0.252 e. The Morgan fingerprint density at radius 3 is 2.44 bits per heavy atom. The van der Waals surface area contributed by atoms with Crippen LogP contribution in [0.15, 0.2) is 42.5 Å². The SMILES string of the molecule is CCCCC(F)(F)Cc1ccc2ccccc2c1. The van der Waals surface area contributed by atoms with Crippen molar-refractivity contribution < 1.29 is 8.78 Å². The number of alkyl halides is 2. The third kappa shape index (κ3) is 3.28. The van der Waals surface area contributed by atoms with Gasteiger partial charge >= 0.3 is 0 Å². The summed E-state index contributed by atoms with van der Waals surface area (Å²) in [5.41, 5.74) is 0.717. The van der Waals surface area contributed by atoms with E-state index in [2.05, 4.69) is 0 Å². The van der Waals surface area contributed by atoms with Gasteiger partial charge in [-0.3, -0.25) is 0 Å². The summed E-state index contributed by atoms with van der Waals surface area (Å²) in [5, 5.41) is 2.12. The number of hydrogen-bond donors (Lipinski definition) is 0. The van der Waals surface area contributed by atoms with Gasteiger partial charge in [-0.1, -0.05) is 55.8 Å². The predicted octanol–water partition coefficient (Wildman–Crippen LogP) is 5.21. The summed E-state index contributed by atoms with van der Waals surface area (Å²) in [6.45, 7) is 1.94. The summed E-state index contributed by atoms with van der Waals surface area (Å²) < 4.78 is 27.4. The van der Waals surface area contributed by atoms with Crippen molar-refractivity contribution in [2.75, 3.05) is 0 Å². The molecule has 0 amide bonds. The van der Waals surface area contributed by atoms with Gasteiger partial charge in [0.1, 0.15) is 0 Å². The standard InChI is InChI=1S/C16H18F2/c1-2-3-10-16(17,18)12-13-8-9-14-6-4-5-7-15(14)11-13/h4-9,11H,2-3,10,12H2,1H3. The Kier molecular flexibility index (Phi) is 3.95. The molecule has 2 aromatic rings. The van der Waals surface area contributed by atoms with E-state index in [-0.39, 0.29) is 12.8 Å². The van der Waals surface area contributed by atoms with Crippen LogP contribution in [0.5, 0.6) is 0 Å². The van der Waals surface area contributed by atoms with Crippen LogP contribution in [0.3, 0.4) is 0 Å². The van der Waals surface area contributed by atoms with Crippen LogP contribution < -0.4 is 0 Å². The Morgan fingerprint density at radius 1 is 1.00 bits per heavy atom. The van der Waals surface area contributed by atoms with Gasteiger partial charge in [0.2, 0.25) is 0 Å². The molecule has 0 heterocycles. The van der Waals surface area contributed by atoms with Crippen LogP contribution in [0, 0.1) is 0 Å². The fourth-order valence-corrected chi connectivity index (χ4v) is 2.17. The molecule has 0 fully saturated rings. The Balaban J connectivity index is 2.16. The van der Waals surface area contributed by atoms with Crippen LogP contribution in [0.2, 0.25) is 0 Å². The number of hydrogen-bond acceptors (Lipinski definition) is 0. The summed E-state index contributed by atoms with van der Waals surface area (Å²) in [6.07, 6.45) is 1.22. The molecule has 0 N–H and O–H groups in total. The summed E-state index contributed by atoms with van der Waals surface area (Å²) >= 11 is 0. The molecule has 18 heavy (non-hydrogen) atoms. The van der Waals surface area contributed by atoms with E-state index in [0.29, 0.717) is 6.42 Å². The molecule has 2 rings (SSSR count). The number of benzene rings is 2. The van der Waals surface area contributed by atoms with Crippen molar-refractivity contribution in [3.63, 3.8) is 0 Å². The van der Waals surface area contributed by atoms with E-state index in [1.54, 1.807) is 0 Å². The van der Waals surface area contributed by atoms with Crippen LogP contribution >= 0.6 is 0 Å². The van der Waals surface area contributed by atoms with Gasteiger partial charge in [-0.25, -0.2) is 8.78 Å². The van der Waals surface area contributed by atoms with E-state index in [1.165, 1.54) is 0 Å². The van der Waals surface area contributed by atoms with E-state index in [0.717, 1.165) is 22.8 Å². The van der Waals surface area contributed by atoms with Crippen LogP contribution in [0.4, 0.5) is 8.78 Å². The van der Waals surface area contributed by atoms with Gasteiger partial charge in [-0.2, -0.15) is 0 Å². The third-order valence-corrected chi connectivity index (χ3v) is 3.17. The minimum atomic E-state index is -2.58.